The Morgan fingerprint density at radius 1 is 1.21 bits per heavy atom. The summed E-state index contributed by atoms with van der Waals surface area (Å²) in [5.41, 5.74) is 9.27. The van der Waals surface area contributed by atoms with Crippen LogP contribution in [0.25, 0.3) is 0 Å². The maximum atomic E-state index is 12.6. The van der Waals surface area contributed by atoms with E-state index in [1.165, 1.54) is 5.56 Å². The van der Waals surface area contributed by atoms with Crippen LogP contribution in [0, 0.1) is 6.92 Å². The standard InChI is InChI=1S/C21H30N6O/c1-16-3-2-4-17(11-16)12-21(28)26-9-6-20(7-10-26)27-15-19(23-24-27)14-25-8-5-18(22)13-25/h2-4,11,15,18,20H,5-10,12-14,22H2,1H3/t18-/m1/s1. The molecule has 4 rings (SSSR count). The van der Waals surface area contributed by atoms with Gasteiger partial charge in [0.25, 0.3) is 0 Å². The Balaban J connectivity index is 1.27. The molecule has 2 N–H and O–H groups in total. The molecule has 7 nitrogen and oxygen atoms in total. The number of nitrogens with zero attached hydrogens (tertiary/aromatic N) is 5. The number of piperidine rings is 1. The van der Waals surface area contributed by atoms with E-state index in [0.717, 1.165) is 63.2 Å². The Kier molecular flexibility index (Phi) is 5.73. The fraction of sp³-hybridized carbons (Fsp3) is 0.571. The average Bonchev–Trinajstić information content (AvgIpc) is 3.31. The average molecular weight is 383 g/mol. The van der Waals surface area contributed by atoms with Crippen molar-refractivity contribution in [2.45, 2.75) is 51.2 Å². The molecule has 0 spiro atoms. The summed E-state index contributed by atoms with van der Waals surface area (Å²) >= 11 is 0. The Hall–Kier alpha value is -2.25. The van der Waals surface area contributed by atoms with E-state index in [1.54, 1.807) is 0 Å². The van der Waals surface area contributed by atoms with Crippen LogP contribution in [0.4, 0.5) is 0 Å². The summed E-state index contributed by atoms with van der Waals surface area (Å²) in [4.78, 5) is 16.9. The van der Waals surface area contributed by atoms with Crippen LogP contribution in [0.1, 0.15) is 42.1 Å². The summed E-state index contributed by atoms with van der Waals surface area (Å²) in [6.45, 7) is 6.42. The van der Waals surface area contributed by atoms with E-state index in [0.29, 0.717) is 12.5 Å². The second-order valence-electron chi connectivity index (χ2n) is 8.25. The van der Waals surface area contributed by atoms with Crippen molar-refractivity contribution in [3.63, 3.8) is 0 Å². The van der Waals surface area contributed by atoms with Crippen LogP contribution in [0.5, 0.6) is 0 Å². The smallest absolute Gasteiger partial charge is 0.226 e. The van der Waals surface area contributed by atoms with Crippen molar-refractivity contribution < 1.29 is 4.79 Å². The first-order chi connectivity index (χ1) is 13.6. The van der Waals surface area contributed by atoms with Crippen LogP contribution in [0.15, 0.2) is 30.5 Å². The minimum atomic E-state index is 0.216. The molecule has 7 heteroatoms. The minimum Gasteiger partial charge on any atom is -0.342 e. The molecule has 2 fully saturated rings. The first-order valence-electron chi connectivity index (χ1n) is 10.3. The molecular weight excluding hydrogens is 352 g/mol. The quantitative estimate of drug-likeness (QED) is 0.848. The van der Waals surface area contributed by atoms with E-state index < -0.39 is 0 Å². The van der Waals surface area contributed by atoms with E-state index in [4.69, 9.17) is 5.73 Å². The van der Waals surface area contributed by atoms with Crippen LogP contribution < -0.4 is 5.73 Å². The lowest BCUT2D eigenvalue weighted by Crippen LogP contribution is -2.40. The SMILES string of the molecule is Cc1cccc(CC(=O)N2CCC(n3cc(CN4CC[C@@H](N)C4)nn3)CC2)c1. The summed E-state index contributed by atoms with van der Waals surface area (Å²) in [7, 11) is 0. The monoisotopic (exact) mass is 382 g/mol. The lowest BCUT2D eigenvalue weighted by Gasteiger charge is -2.32. The molecule has 0 saturated carbocycles. The van der Waals surface area contributed by atoms with Crippen LogP contribution in [0.2, 0.25) is 0 Å². The van der Waals surface area contributed by atoms with Gasteiger partial charge in [-0.2, -0.15) is 0 Å². The van der Waals surface area contributed by atoms with Gasteiger partial charge in [-0.3, -0.25) is 9.69 Å². The van der Waals surface area contributed by atoms with Crippen molar-refractivity contribution in [3.8, 4) is 0 Å². The number of carbonyl (C=O) groups excluding carboxylic acids is 1. The fourth-order valence-corrected chi connectivity index (χ4v) is 4.29. The number of nitrogens with two attached hydrogens (primary N) is 1. The van der Waals surface area contributed by atoms with Crippen molar-refractivity contribution in [1.82, 2.24) is 24.8 Å². The molecule has 150 valence electrons. The van der Waals surface area contributed by atoms with Crippen molar-refractivity contribution in [2.75, 3.05) is 26.2 Å². The number of amides is 1. The maximum Gasteiger partial charge on any atom is 0.226 e. The number of carbonyl (C=O) groups is 1. The molecule has 0 aliphatic carbocycles. The van der Waals surface area contributed by atoms with Gasteiger partial charge in [-0.25, -0.2) is 4.68 Å². The van der Waals surface area contributed by atoms with Gasteiger partial charge < -0.3 is 10.6 Å². The zero-order valence-corrected chi connectivity index (χ0v) is 16.6. The third-order valence-corrected chi connectivity index (χ3v) is 5.88. The van der Waals surface area contributed by atoms with Gasteiger partial charge in [0.2, 0.25) is 5.91 Å². The molecule has 0 bridgehead atoms. The van der Waals surface area contributed by atoms with E-state index in [9.17, 15) is 4.79 Å². The van der Waals surface area contributed by atoms with Crippen LogP contribution >= 0.6 is 0 Å². The first kappa shape index (κ1) is 19.1. The fourth-order valence-electron chi connectivity index (χ4n) is 4.29. The van der Waals surface area contributed by atoms with Gasteiger partial charge in [0.15, 0.2) is 0 Å². The van der Waals surface area contributed by atoms with Gasteiger partial charge in [-0.1, -0.05) is 35.0 Å². The Morgan fingerprint density at radius 2 is 2.04 bits per heavy atom. The van der Waals surface area contributed by atoms with Crippen LogP contribution in [-0.2, 0) is 17.8 Å². The Bertz CT molecular complexity index is 811. The third kappa shape index (κ3) is 4.59. The van der Waals surface area contributed by atoms with Crippen molar-refractivity contribution in [1.29, 1.82) is 0 Å². The highest BCUT2D eigenvalue weighted by Crippen LogP contribution is 2.23. The highest BCUT2D eigenvalue weighted by Gasteiger charge is 2.25. The van der Waals surface area contributed by atoms with E-state index >= 15 is 0 Å². The number of rotatable bonds is 5. The number of hydrogen-bond donors (Lipinski definition) is 1. The summed E-state index contributed by atoms with van der Waals surface area (Å²) in [5.74, 6) is 0.216. The van der Waals surface area contributed by atoms with Gasteiger partial charge in [0.1, 0.15) is 0 Å². The highest BCUT2D eigenvalue weighted by atomic mass is 16.2. The predicted molar refractivity (Wildman–Crippen MR) is 108 cm³/mol. The lowest BCUT2D eigenvalue weighted by molar-refractivity contribution is -0.131. The zero-order chi connectivity index (χ0) is 19.5. The summed E-state index contributed by atoms with van der Waals surface area (Å²) < 4.78 is 1.99. The molecule has 2 aromatic rings. The summed E-state index contributed by atoms with van der Waals surface area (Å²) in [6.07, 6.45) is 5.47. The zero-order valence-electron chi connectivity index (χ0n) is 16.6. The second kappa shape index (κ2) is 8.41. The third-order valence-electron chi connectivity index (χ3n) is 5.88. The molecular formula is C21H30N6O. The predicted octanol–water partition coefficient (Wildman–Crippen LogP) is 1.53. The molecule has 1 amide bonds. The largest absolute Gasteiger partial charge is 0.342 e. The van der Waals surface area contributed by atoms with Crippen LogP contribution in [-0.4, -0.2) is 62.9 Å². The van der Waals surface area contributed by atoms with E-state index in [1.807, 2.05) is 21.7 Å². The Labute approximate surface area is 166 Å². The molecule has 3 heterocycles. The lowest BCUT2D eigenvalue weighted by atomic mass is 10.0. The maximum absolute atomic E-state index is 12.6. The summed E-state index contributed by atoms with van der Waals surface area (Å²) in [5, 5.41) is 8.70. The molecule has 28 heavy (non-hydrogen) atoms. The molecule has 2 saturated heterocycles. The minimum absolute atomic E-state index is 0.216. The molecule has 2 aliphatic heterocycles. The Morgan fingerprint density at radius 3 is 2.75 bits per heavy atom. The first-order valence-corrected chi connectivity index (χ1v) is 10.3. The molecule has 0 radical (unpaired) electrons. The van der Waals surface area contributed by atoms with Crippen molar-refractivity contribution in [3.05, 3.63) is 47.3 Å². The van der Waals surface area contributed by atoms with Crippen LogP contribution in [0.3, 0.4) is 0 Å². The van der Waals surface area contributed by atoms with Crippen molar-refractivity contribution >= 4 is 5.91 Å². The topological polar surface area (TPSA) is 80.3 Å². The number of aryl methyl sites for hydroxylation is 1. The van der Waals surface area contributed by atoms with Gasteiger partial charge in [0, 0.05) is 38.8 Å². The number of hydrogen-bond acceptors (Lipinski definition) is 5. The van der Waals surface area contributed by atoms with Gasteiger partial charge in [-0.15, -0.1) is 5.10 Å². The van der Waals surface area contributed by atoms with E-state index in [-0.39, 0.29) is 11.9 Å². The number of benzene rings is 1. The van der Waals surface area contributed by atoms with Gasteiger partial charge >= 0.3 is 0 Å². The molecule has 1 atom stereocenters. The van der Waals surface area contributed by atoms with Gasteiger partial charge in [0.05, 0.1) is 24.4 Å². The molecule has 1 aromatic heterocycles. The van der Waals surface area contributed by atoms with Crippen molar-refractivity contribution in [2.24, 2.45) is 5.73 Å². The van der Waals surface area contributed by atoms with E-state index in [2.05, 4.69) is 40.5 Å². The highest BCUT2D eigenvalue weighted by molar-refractivity contribution is 5.78. The molecule has 2 aliphatic rings. The normalized spacial score (nSPS) is 21.4. The summed E-state index contributed by atoms with van der Waals surface area (Å²) in [6, 6.07) is 8.81. The molecule has 1 aromatic carbocycles. The number of likely N-dealkylation sites (tertiary alicyclic amines) is 2. The van der Waals surface area contributed by atoms with Gasteiger partial charge in [-0.05, 0) is 31.7 Å². The second-order valence-corrected chi connectivity index (χ2v) is 8.25. The number of aromatic nitrogens is 3. The molecule has 0 unspecified atom stereocenters.